The summed E-state index contributed by atoms with van der Waals surface area (Å²) >= 11 is 3.06. The van der Waals surface area contributed by atoms with Crippen LogP contribution in [0.3, 0.4) is 0 Å². The average molecular weight is 400 g/mol. The fraction of sp³-hybridized carbons (Fsp3) is 0.222. The van der Waals surface area contributed by atoms with Crippen molar-refractivity contribution in [2.75, 3.05) is 0 Å². The second-order valence-corrected chi connectivity index (χ2v) is 7.69. The number of rotatable bonds is 7. The van der Waals surface area contributed by atoms with E-state index in [4.69, 9.17) is 9.15 Å². The second-order valence-electron chi connectivity index (χ2n) is 5.90. The van der Waals surface area contributed by atoms with E-state index < -0.39 is 0 Å². The predicted molar refractivity (Wildman–Crippen MR) is 104 cm³/mol. The molecule has 0 radical (unpaired) electrons. The zero-order valence-corrected chi connectivity index (χ0v) is 16.5. The molecule has 3 aromatic heterocycles. The molecule has 0 saturated heterocycles. The Morgan fingerprint density at radius 2 is 2.22 bits per heavy atom. The van der Waals surface area contributed by atoms with Gasteiger partial charge in [0.25, 0.3) is 11.1 Å². The molecule has 0 aliphatic rings. The highest BCUT2D eigenvalue weighted by Gasteiger charge is 2.11. The summed E-state index contributed by atoms with van der Waals surface area (Å²) in [6, 6.07) is 7.84. The molecule has 4 rings (SSSR count). The van der Waals surface area contributed by atoms with Gasteiger partial charge in [-0.3, -0.25) is 4.68 Å². The summed E-state index contributed by atoms with van der Waals surface area (Å²) in [7, 11) is 1.89. The molecular formula is C18H17N5O2S2. The lowest BCUT2D eigenvalue weighted by Crippen LogP contribution is -1.95. The highest BCUT2D eigenvalue weighted by molar-refractivity contribution is 7.98. The van der Waals surface area contributed by atoms with E-state index in [0.717, 1.165) is 27.6 Å². The van der Waals surface area contributed by atoms with Crippen LogP contribution in [0.2, 0.25) is 0 Å². The van der Waals surface area contributed by atoms with E-state index >= 15 is 0 Å². The van der Waals surface area contributed by atoms with E-state index in [1.54, 1.807) is 16.0 Å². The number of hydrogen-bond donors (Lipinski definition) is 0. The Balaban J connectivity index is 1.31. The van der Waals surface area contributed by atoms with Crippen LogP contribution in [-0.4, -0.2) is 25.0 Å². The van der Waals surface area contributed by atoms with Crippen molar-refractivity contribution in [3.8, 4) is 16.3 Å². The fourth-order valence-corrected chi connectivity index (χ4v) is 3.95. The molecular weight excluding hydrogens is 382 g/mol. The molecule has 7 nitrogen and oxygen atoms in total. The smallest absolute Gasteiger partial charge is 0.277 e. The molecule has 3 heterocycles. The number of thiazole rings is 1. The molecule has 0 aliphatic heterocycles. The summed E-state index contributed by atoms with van der Waals surface area (Å²) in [5.74, 6) is 1.90. The van der Waals surface area contributed by atoms with E-state index in [-0.39, 0.29) is 6.61 Å². The number of aryl methyl sites for hydroxylation is 2. The molecule has 27 heavy (non-hydrogen) atoms. The highest BCUT2D eigenvalue weighted by atomic mass is 32.2. The van der Waals surface area contributed by atoms with Crippen molar-refractivity contribution in [1.82, 2.24) is 25.0 Å². The first-order valence-electron chi connectivity index (χ1n) is 8.24. The molecule has 4 aromatic rings. The van der Waals surface area contributed by atoms with Crippen molar-refractivity contribution in [3.63, 3.8) is 0 Å². The van der Waals surface area contributed by atoms with Gasteiger partial charge in [0.05, 0.1) is 11.9 Å². The van der Waals surface area contributed by atoms with Crippen LogP contribution in [0.15, 0.2) is 51.7 Å². The van der Waals surface area contributed by atoms with Crippen LogP contribution in [0.4, 0.5) is 0 Å². The summed E-state index contributed by atoms with van der Waals surface area (Å²) < 4.78 is 13.1. The summed E-state index contributed by atoms with van der Waals surface area (Å²) in [6.45, 7) is 2.27. The zero-order chi connectivity index (χ0) is 18.6. The molecule has 1 aromatic carbocycles. The minimum Gasteiger partial charge on any atom is -0.484 e. The highest BCUT2D eigenvalue weighted by Crippen LogP contribution is 2.27. The summed E-state index contributed by atoms with van der Waals surface area (Å²) in [6.07, 6.45) is 3.77. The molecule has 9 heteroatoms. The van der Waals surface area contributed by atoms with Gasteiger partial charge in [0.2, 0.25) is 0 Å². The number of nitrogens with zero attached hydrogens (tertiary/aromatic N) is 5. The van der Waals surface area contributed by atoms with Crippen LogP contribution in [-0.2, 0) is 19.4 Å². The van der Waals surface area contributed by atoms with Gasteiger partial charge in [-0.1, -0.05) is 23.9 Å². The number of aromatic nitrogens is 5. The first kappa shape index (κ1) is 17.7. The third-order valence-corrected chi connectivity index (χ3v) is 5.44. The molecule has 0 bridgehead atoms. The quantitative estimate of drug-likeness (QED) is 0.433. The number of hydrogen-bond acceptors (Lipinski definition) is 8. The van der Waals surface area contributed by atoms with Crippen LogP contribution < -0.4 is 4.74 Å². The molecule has 0 spiro atoms. The second kappa shape index (κ2) is 7.93. The van der Waals surface area contributed by atoms with Gasteiger partial charge in [0.15, 0.2) is 6.61 Å². The minimum absolute atomic E-state index is 0.249. The van der Waals surface area contributed by atoms with Crippen molar-refractivity contribution in [1.29, 1.82) is 0 Å². The van der Waals surface area contributed by atoms with Gasteiger partial charge in [-0.05, 0) is 24.6 Å². The number of benzene rings is 1. The molecule has 0 unspecified atom stereocenters. The van der Waals surface area contributed by atoms with Gasteiger partial charge < -0.3 is 9.15 Å². The van der Waals surface area contributed by atoms with Crippen molar-refractivity contribution in [2.24, 2.45) is 7.05 Å². The van der Waals surface area contributed by atoms with Crippen LogP contribution in [0.1, 0.15) is 17.1 Å². The Bertz CT molecular complexity index is 1040. The molecule has 0 saturated carbocycles. The van der Waals surface area contributed by atoms with Crippen LogP contribution >= 0.6 is 23.1 Å². The Morgan fingerprint density at radius 1 is 1.30 bits per heavy atom. The van der Waals surface area contributed by atoms with Crippen molar-refractivity contribution < 1.29 is 9.15 Å². The largest absolute Gasteiger partial charge is 0.484 e. The number of thioether (sulfide) groups is 1. The van der Waals surface area contributed by atoms with Gasteiger partial charge in [0.1, 0.15) is 10.8 Å². The Morgan fingerprint density at radius 3 is 3.04 bits per heavy atom. The maximum atomic E-state index is 5.68. The average Bonchev–Trinajstić information content (AvgIpc) is 3.39. The SMILES string of the molecule is Cc1cccc(OCc2nnc(SCc3csc(-c4cnn(C)c4)n3)o2)c1. The Kier molecular flexibility index (Phi) is 5.21. The van der Waals surface area contributed by atoms with E-state index in [2.05, 4.69) is 20.3 Å². The van der Waals surface area contributed by atoms with E-state index in [1.165, 1.54) is 11.8 Å². The molecule has 0 fully saturated rings. The molecule has 0 N–H and O–H groups in total. The summed E-state index contributed by atoms with van der Waals surface area (Å²) in [4.78, 5) is 4.63. The van der Waals surface area contributed by atoms with E-state index in [1.807, 2.05) is 56.0 Å². The Hall–Kier alpha value is -2.65. The molecule has 138 valence electrons. The maximum absolute atomic E-state index is 5.68. The van der Waals surface area contributed by atoms with E-state index in [0.29, 0.717) is 16.9 Å². The molecule has 0 amide bonds. The lowest BCUT2D eigenvalue weighted by atomic mass is 10.2. The van der Waals surface area contributed by atoms with E-state index in [9.17, 15) is 0 Å². The van der Waals surface area contributed by atoms with Crippen molar-refractivity contribution in [3.05, 3.63) is 59.2 Å². The fourth-order valence-electron chi connectivity index (χ4n) is 2.38. The maximum Gasteiger partial charge on any atom is 0.277 e. The third kappa shape index (κ3) is 4.55. The minimum atomic E-state index is 0.249. The number of ether oxygens (including phenoxy) is 1. The molecule has 0 atom stereocenters. The van der Waals surface area contributed by atoms with Gasteiger partial charge >= 0.3 is 0 Å². The van der Waals surface area contributed by atoms with Crippen molar-refractivity contribution in [2.45, 2.75) is 24.5 Å². The van der Waals surface area contributed by atoms with Gasteiger partial charge in [-0.25, -0.2) is 4.98 Å². The summed E-state index contributed by atoms with van der Waals surface area (Å²) in [5.41, 5.74) is 3.13. The first-order chi connectivity index (χ1) is 13.2. The normalized spacial score (nSPS) is 11.0. The topological polar surface area (TPSA) is 78.9 Å². The van der Waals surface area contributed by atoms with Crippen LogP contribution in [0.5, 0.6) is 5.75 Å². The molecule has 0 aliphatic carbocycles. The first-order valence-corrected chi connectivity index (χ1v) is 10.1. The van der Waals surface area contributed by atoms with Crippen molar-refractivity contribution >= 4 is 23.1 Å². The summed E-state index contributed by atoms with van der Waals surface area (Å²) in [5, 5.41) is 15.8. The third-order valence-electron chi connectivity index (χ3n) is 3.65. The predicted octanol–water partition coefficient (Wildman–Crippen LogP) is 4.11. The van der Waals surface area contributed by atoms with Gasteiger partial charge in [0, 0.05) is 29.9 Å². The standard InChI is InChI=1S/C18H17N5O2S2/c1-12-4-3-5-15(6-12)24-9-16-21-22-18(25-16)27-11-14-10-26-17(20-14)13-7-19-23(2)8-13/h3-8,10H,9,11H2,1-2H3. The zero-order valence-electron chi connectivity index (χ0n) is 14.8. The lowest BCUT2D eigenvalue weighted by Gasteiger charge is -2.03. The van der Waals surface area contributed by atoms with Crippen LogP contribution in [0.25, 0.3) is 10.6 Å². The van der Waals surface area contributed by atoms with Gasteiger partial charge in [-0.15, -0.1) is 21.5 Å². The van der Waals surface area contributed by atoms with Crippen LogP contribution in [0, 0.1) is 6.92 Å². The van der Waals surface area contributed by atoms with Gasteiger partial charge in [-0.2, -0.15) is 5.10 Å². The lowest BCUT2D eigenvalue weighted by molar-refractivity contribution is 0.252. The Labute approximate surface area is 164 Å². The monoisotopic (exact) mass is 399 g/mol.